The van der Waals surface area contributed by atoms with E-state index in [1.807, 2.05) is 38.4 Å². The number of likely N-dealkylation sites (N-methyl/N-ethyl adjacent to an activating group) is 1. The summed E-state index contributed by atoms with van der Waals surface area (Å²) in [6.45, 7) is 3.09. The van der Waals surface area contributed by atoms with Gasteiger partial charge in [0.05, 0.1) is 11.6 Å². The lowest BCUT2D eigenvalue weighted by Crippen LogP contribution is -2.29. The summed E-state index contributed by atoms with van der Waals surface area (Å²) < 4.78 is 0. The Labute approximate surface area is 91.3 Å². The van der Waals surface area contributed by atoms with Gasteiger partial charge in [0.1, 0.15) is 0 Å². The van der Waals surface area contributed by atoms with Crippen LogP contribution < -0.4 is 5.32 Å². The van der Waals surface area contributed by atoms with Gasteiger partial charge in [0.15, 0.2) is 0 Å². The number of nitrogens with zero attached hydrogens (tertiary/aromatic N) is 2. The predicted molar refractivity (Wildman–Crippen MR) is 62.8 cm³/mol. The fourth-order valence-electron chi connectivity index (χ4n) is 1.56. The Hall–Kier alpha value is -1.53. The predicted octanol–water partition coefficient (Wildman–Crippen LogP) is 1.92. The molecule has 1 aromatic carbocycles. The molecule has 1 rings (SSSR count). The van der Waals surface area contributed by atoms with E-state index >= 15 is 0 Å². The van der Waals surface area contributed by atoms with Crippen molar-refractivity contribution in [2.75, 3.05) is 26.0 Å². The third kappa shape index (κ3) is 4.01. The average Bonchev–Trinajstić information content (AvgIpc) is 2.16. The molecule has 0 fully saturated rings. The molecular weight excluding hydrogens is 186 g/mol. The van der Waals surface area contributed by atoms with Crippen LogP contribution in [0.4, 0.5) is 5.69 Å². The molecular formula is C12H17N3. The van der Waals surface area contributed by atoms with Crippen molar-refractivity contribution in [1.29, 1.82) is 5.26 Å². The number of nitriles is 1. The molecule has 0 radical (unpaired) electrons. The molecule has 0 aliphatic carbocycles. The van der Waals surface area contributed by atoms with Gasteiger partial charge in [0.25, 0.3) is 0 Å². The van der Waals surface area contributed by atoms with E-state index in [0.29, 0.717) is 11.6 Å². The van der Waals surface area contributed by atoms with Crippen LogP contribution in [-0.4, -0.2) is 31.6 Å². The summed E-state index contributed by atoms with van der Waals surface area (Å²) in [6, 6.07) is 10.0. The zero-order chi connectivity index (χ0) is 11.3. The first-order chi connectivity index (χ1) is 7.11. The van der Waals surface area contributed by atoms with Crippen molar-refractivity contribution in [3.8, 4) is 6.07 Å². The van der Waals surface area contributed by atoms with E-state index < -0.39 is 0 Å². The summed E-state index contributed by atoms with van der Waals surface area (Å²) in [7, 11) is 4.09. The molecule has 0 spiro atoms. The van der Waals surface area contributed by atoms with E-state index in [1.165, 1.54) is 0 Å². The van der Waals surface area contributed by atoms with Crippen LogP contribution in [0.5, 0.6) is 0 Å². The normalized spacial score (nSPS) is 12.2. The topological polar surface area (TPSA) is 39.1 Å². The third-order valence-corrected chi connectivity index (χ3v) is 2.04. The third-order valence-electron chi connectivity index (χ3n) is 2.04. The maximum atomic E-state index is 8.76. The highest BCUT2D eigenvalue weighted by Gasteiger charge is 2.03. The van der Waals surface area contributed by atoms with E-state index in [4.69, 9.17) is 5.26 Å². The van der Waals surface area contributed by atoms with Gasteiger partial charge in [0.2, 0.25) is 0 Å². The molecule has 80 valence electrons. The molecule has 0 saturated heterocycles. The molecule has 3 heteroatoms. The standard InChI is InChI=1S/C12H17N3/c1-10(9-15(2)3)14-12-6-4-5-11(7-12)8-13/h4-7,10,14H,9H2,1-3H3. The SMILES string of the molecule is CC(CN(C)C)Nc1cccc(C#N)c1. The lowest BCUT2D eigenvalue weighted by Gasteiger charge is -2.19. The summed E-state index contributed by atoms with van der Waals surface area (Å²) in [6.07, 6.45) is 0. The smallest absolute Gasteiger partial charge is 0.0992 e. The highest BCUT2D eigenvalue weighted by atomic mass is 15.1. The van der Waals surface area contributed by atoms with Crippen molar-refractivity contribution < 1.29 is 0 Å². The molecule has 0 aromatic heterocycles. The minimum absolute atomic E-state index is 0.369. The molecule has 0 bridgehead atoms. The number of nitrogens with one attached hydrogen (secondary N) is 1. The van der Waals surface area contributed by atoms with Gasteiger partial charge in [-0.25, -0.2) is 0 Å². The van der Waals surface area contributed by atoms with Crippen LogP contribution in [0, 0.1) is 11.3 Å². The van der Waals surface area contributed by atoms with E-state index in [0.717, 1.165) is 12.2 Å². The maximum absolute atomic E-state index is 8.76. The first kappa shape index (κ1) is 11.5. The second-order valence-electron chi connectivity index (χ2n) is 4.00. The largest absolute Gasteiger partial charge is 0.381 e. The van der Waals surface area contributed by atoms with Crippen molar-refractivity contribution in [3.05, 3.63) is 29.8 Å². The van der Waals surface area contributed by atoms with Gasteiger partial charge in [-0.3, -0.25) is 0 Å². The Balaban J connectivity index is 2.60. The maximum Gasteiger partial charge on any atom is 0.0992 e. The Morgan fingerprint density at radius 3 is 2.80 bits per heavy atom. The quantitative estimate of drug-likeness (QED) is 0.812. The van der Waals surface area contributed by atoms with Crippen LogP contribution in [-0.2, 0) is 0 Å². The van der Waals surface area contributed by atoms with Crippen LogP contribution in [0.1, 0.15) is 12.5 Å². The molecule has 15 heavy (non-hydrogen) atoms. The molecule has 1 aromatic rings. The second-order valence-corrected chi connectivity index (χ2v) is 4.00. The van der Waals surface area contributed by atoms with Gasteiger partial charge in [-0.15, -0.1) is 0 Å². The average molecular weight is 203 g/mol. The first-order valence-electron chi connectivity index (χ1n) is 5.03. The summed E-state index contributed by atoms with van der Waals surface area (Å²) in [5, 5.41) is 12.1. The molecule has 1 atom stereocenters. The summed E-state index contributed by atoms with van der Waals surface area (Å²) in [5.74, 6) is 0. The van der Waals surface area contributed by atoms with Gasteiger partial charge in [-0.2, -0.15) is 5.26 Å². The van der Waals surface area contributed by atoms with Gasteiger partial charge in [-0.05, 0) is 39.2 Å². The van der Waals surface area contributed by atoms with Crippen molar-refractivity contribution in [3.63, 3.8) is 0 Å². The Morgan fingerprint density at radius 1 is 1.47 bits per heavy atom. The Morgan fingerprint density at radius 2 is 2.20 bits per heavy atom. The van der Waals surface area contributed by atoms with Crippen LogP contribution >= 0.6 is 0 Å². The van der Waals surface area contributed by atoms with Crippen LogP contribution in [0.25, 0.3) is 0 Å². The summed E-state index contributed by atoms with van der Waals surface area (Å²) in [4.78, 5) is 2.13. The number of rotatable bonds is 4. The van der Waals surface area contributed by atoms with Crippen LogP contribution in [0.15, 0.2) is 24.3 Å². The zero-order valence-corrected chi connectivity index (χ0v) is 9.49. The second kappa shape index (κ2) is 5.38. The number of hydrogen-bond acceptors (Lipinski definition) is 3. The lowest BCUT2D eigenvalue weighted by molar-refractivity contribution is 0.392. The highest BCUT2D eigenvalue weighted by molar-refractivity contribution is 5.49. The molecule has 0 saturated carbocycles. The molecule has 0 heterocycles. The van der Waals surface area contributed by atoms with E-state index in [1.54, 1.807) is 0 Å². The van der Waals surface area contributed by atoms with Gasteiger partial charge < -0.3 is 10.2 Å². The van der Waals surface area contributed by atoms with E-state index in [9.17, 15) is 0 Å². The summed E-state index contributed by atoms with van der Waals surface area (Å²) in [5.41, 5.74) is 1.69. The molecule has 3 nitrogen and oxygen atoms in total. The number of benzene rings is 1. The molecule has 0 amide bonds. The van der Waals surface area contributed by atoms with Crippen LogP contribution in [0.3, 0.4) is 0 Å². The number of hydrogen-bond donors (Lipinski definition) is 1. The van der Waals surface area contributed by atoms with Crippen molar-refractivity contribution in [2.24, 2.45) is 0 Å². The molecule has 1 N–H and O–H groups in total. The van der Waals surface area contributed by atoms with Gasteiger partial charge in [0, 0.05) is 18.3 Å². The fourth-order valence-corrected chi connectivity index (χ4v) is 1.56. The van der Waals surface area contributed by atoms with Crippen LogP contribution in [0.2, 0.25) is 0 Å². The Kier molecular flexibility index (Phi) is 4.14. The zero-order valence-electron chi connectivity index (χ0n) is 9.49. The minimum Gasteiger partial charge on any atom is -0.381 e. The lowest BCUT2D eigenvalue weighted by atomic mass is 10.2. The van der Waals surface area contributed by atoms with Crippen molar-refractivity contribution in [1.82, 2.24) is 4.90 Å². The minimum atomic E-state index is 0.369. The molecule has 0 aliphatic heterocycles. The van der Waals surface area contributed by atoms with Gasteiger partial charge >= 0.3 is 0 Å². The van der Waals surface area contributed by atoms with Crippen molar-refractivity contribution in [2.45, 2.75) is 13.0 Å². The summed E-state index contributed by atoms with van der Waals surface area (Å²) >= 11 is 0. The number of anilines is 1. The Bertz CT molecular complexity index is 352. The van der Waals surface area contributed by atoms with Crippen molar-refractivity contribution >= 4 is 5.69 Å². The van der Waals surface area contributed by atoms with E-state index in [2.05, 4.69) is 23.2 Å². The first-order valence-corrected chi connectivity index (χ1v) is 5.03. The fraction of sp³-hybridized carbons (Fsp3) is 0.417. The molecule has 0 aliphatic rings. The molecule has 1 unspecified atom stereocenters. The van der Waals surface area contributed by atoms with E-state index in [-0.39, 0.29) is 0 Å². The monoisotopic (exact) mass is 203 g/mol. The highest BCUT2D eigenvalue weighted by Crippen LogP contribution is 2.11. The van der Waals surface area contributed by atoms with Gasteiger partial charge in [-0.1, -0.05) is 6.07 Å².